The molecule has 198 valence electrons. The van der Waals surface area contributed by atoms with Crippen molar-refractivity contribution in [2.45, 2.75) is 19.4 Å². The van der Waals surface area contributed by atoms with E-state index >= 15 is 0 Å². The van der Waals surface area contributed by atoms with E-state index in [1.54, 1.807) is 50.4 Å². The molecule has 0 aliphatic heterocycles. The zero-order valence-corrected chi connectivity index (χ0v) is 21.8. The van der Waals surface area contributed by atoms with E-state index in [0.29, 0.717) is 39.0 Å². The number of furan rings is 1. The van der Waals surface area contributed by atoms with Crippen molar-refractivity contribution in [2.24, 2.45) is 0 Å². The molecule has 39 heavy (non-hydrogen) atoms. The first kappa shape index (κ1) is 25.7. The molecular formula is C30H26FN3O5. The van der Waals surface area contributed by atoms with E-state index < -0.39 is 23.2 Å². The fourth-order valence-electron chi connectivity index (χ4n) is 4.65. The van der Waals surface area contributed by atoms with Crippen LogP contribution in [-0.4, -0.2) is 42.5 Å². The highest BCUT2D eigenvalue weighted by atomic mass is 19.1. The van der Waals surface area contributed by atoms with Crippen molar-refractivity contribution in [3.63, 3.8) is 0 Å². The van der Waals surface area contributed by atoms with Gasteiger partial charge in [0.25, 0.3) is 11.8 Å². The Morgan fingerprint density at radius 2 is 1.69 bits per heavy atom. The maximum Gasteiger partial charge on any atom is 0.330 e. The van der Waals surface area contributed by atoms with E-state index in [0.717, 1.165) is 16.5 Å². The van der Waals surface area contributed by atoms with Crippen molar-refractivity contribution in [3.05, 3.63) is 83.8 Å². The summed E-state index contributed by atoms with van der Waals surface area (Å²) in [5.74, 6) is -1.44. The summed E-state index contributed by atoms with van der Waals surface area (Å²) >= 11 is 0. The molecule has 0 fully saturated rings. The first-order valence-electron chi connectivity index (χ1n) is 12.2. The van der Waals surface area contributed by atoms with Gasteiger partial charge in [0.05, 0.1) is 18.2 Å². The summed E-state index contributed by atoms with van der Waals surface area (Å²) in [4.78, 5) is 41.4. The van der Waals surface area contributed by atoms with Gasteiger partial charge in [0.15, 0.2) is 0 Å². The molecule has 0 atom stereocenters. The molecule has 2 heterocycles. The molecule has 8 nitrogen and oxygen atoms in total. The number of halogens is 1. The number of methoxy groups -OCH3 is 1. The van der Waals surface area contributed by atoms with Gasteiger partial charge in [-0.3, -0.25) is 9.59 Å². The molecule has 2 aromatic heterocycles. The van der Waals surface area contributed by atoms with Crippen LogP contribution in [0.2, 0.25) is 0 Å². The zero-order valence-electron chi connectivity index (χ0n) is 21.8. The highest BCUT2D eigenvalue weighted by molar-refractivity contribution is 6.19. The van der Waals surface area contributed by atoms with Gasteiger partial charge in [-0.15, -0.1) is 0 Å². The van der Waals surface area contributed by atoms with Crippen LogP contribution in [0.3, 0.4) is 0 Å². The normalized spacial score (nSPS) is 11.5. The second kappa shape index (κ2) is 9.75. The Bertz CT molecular complexity index is 1750. The average molecular weight is 528 g/mol. The molecule has 0 aliphatic rings. The summed E-state index contributed by atoms with van der Waals surface area (Å²) in [5, 5.41) is 6.68. The third-order valence-corrected chi connectivity index (χ3v) is 6.61. The van der Waals surface area contributed by atoms with E-state index in [1.165, 1.54) is 26.3 Å². The van der Waals surface area contributed by atoms with Crippen LogP contribution >= 0.6 is 0 Å². The van der Waals surface area contributed by atoms with Gasteiger partial charge in [0.1, 0.15) is 22.7 Å². The predicted octanol–water partition coefficient (Wildman–Crippen LogP) is 5.43. The van der Waals surface area contributed by atoms with Gasteiger partial charge in [-0.1, -0.05) is 12.1 Å². The quantitative estimate of drug-likeness (QED) is 0.255. The van der Waals surface area contributed by atoms with E-state index in [4.69, 9.17) is 9.15 Å². The fraction of sp³-hybridized carbons (Fsp3) is 0.167. The number of ether oxygens (including phenoxy) is 1. The minimum Gasteiger partial charge on any atom is -0.467 e. The second-order valence-electron chi connectivity index (χ2n) is 9.61. The second-order valence-corrected chi connectivity index (χ2v) is 9.61. The minimum absolute atomic E-state index is 0.317. The monoisotopic (exact) mass is 527 g/mol. The maximum atomic E-state index is 13.6. The van der Waals surface area contributed by atoms with Crippen LogP contribution in [0.5, 0.6) is 0 Å². The summed E-state index contributed by atoms with van der Waals surface area (Å²) in [7, 11) is 2.79. The smallest absolute Gasteiger partial charge is 0.330 e. The summed E-state index contributed by atoms with van der Waals surface area (Å²) in [5.41, 5.74) is 2.69. The summed E-state index contributed by atoms with van der Waals surface area (Å²) in [6.07, 6.45) is 1.77. The number of hydrogen-bond acceptors (Lipinski definition) is 5. The third-order valence-electron chi connectivity index (χ3n) is 6.61. The molecule has 0 saturated carbocycles. The van der Waals surface area contributed by atoms with Gasteiger partial charge < -0.3 is 24.8 Å². The lowest BCUT2D eigenvalue weighted by Crippen LogP contribution is -2.50. The lowest BCUT2D eigenvalue weighted by atomic mass is 9.96. The lowest BCUT2D eigenvalue weighted by Gasteiger charge is -2.23. The van der Waals surface area contributed by atoms with E-state index in [1.807, 2.05) is 18.2 Å². The molecule has 0 aliphatic carbocycles. The zero-order chi connectivity index (χ0) is 27.9. The number of rotatable bonds is 6. The molecule has 0 unspecified atom stereocenters. The molecule has 2 amide bonds. The predicted molar refractivity (Wildman–Crippen MR) is 146 cm³/mol. The van der Waals surface area contributed by atoms with E-state index in [9.17, 15) is 18.8 Å². The SMILES string of the molecule is CNC(=O)c1c(-c2ccc(F)cc2)oc2c1cc(-c1cccc(C(=O)NC(C)(C)C(=O)OC)c1)c1[nH]ccc12. The Hall–Kier alpha value is -4.92. The van der Waals surface area contributed by atoms with Crippen LogP contribution in [0, 0.1) is 5.82 Å². The average Bonchev–Trinajstić information content (AvgIpc) is 3.57. The number of amides is 2. The Morgan fingerprint density at radius 1 is 0.949 bits per heavy atom. The highest BCUT2D eigenvalue weighted by Gasteiger charge is 2.31. The molecule has 9 heteroatoms. The van der Waals surface area contributed by atoms with Gasteiger partial charge in [0, 0.05) is 40.7 Å². The summed E-state index contributed by atoms with van der Waals surface area (Å²) in [6, 6.07) is 16.4. The molecular weight excluding hydrogens is 501 g/mol. The summed E-state index contributed by atoms with van der Waals surface area (Å²) in [6.45, 7) is 3.13. The fourth-order valence-corrected chi connectivity index (χ4v) is 4.65. The molecule has 0 bridgehead atoms. The minimum atomic E-state index is -1.22. The number of carbonyl (C=O) groups is 3. The molecule has 0 saturated heterocycles. The number of hydrogen-bond donors (Lipinski definition) is 3. The first-order valence-corrected chi connectivity index (χ1v) is 12.2. The Kier molecular flexibility index (Phi) is 6.43. The molecule has 0 spiro atoms. The van der Waals surface area contributed by atoms with Crippen molar-refractivity contribution in [1.82, 2.24) is 15.6 Å². The number of H-pyrrole nitrogens is 1. The van der Waals surface area contributed by atoms with Crippen LogP contribution < -0.4 is 10.6 Å². The number of nitrogens with one attached hydrogen (secondary N) is 3. The topological polar surface area (TPSA) is 113 Å². The summed E-state index contributed by atoms with van der Waals surface area (Å²) < 4.78 is 24.6. The highest BCUT2D eigenvalue weighted by Crippen LogP contribution is 2.41. The van der Waals surface area contributed by atoms with Gasteiger partial charge in [0.2, 0.25) is 0 Å². The van der Waals surface area contributed by atoms with Crippen LogP contribution in [0.25, 0.3) is 44.3 Å². The Labute approximate surface area is 223 Å². The lowest BCUT2D eigenvalue weighted by molar-refractivity contribution is -0.146. The standard InChI is InChI=1S/C30H26FN3O5/c1-30(2,29(37)38-4)34-27(35)18-7-5-6-17(14-18)21-15-22-23(28(36)32-3)25(16-8-10-19(31)11-9-16)39-26(22)20-12-13-33-24(20)21/h5-15,33H,1-4H3,(H,32,36)(H,34,35). The number of fused-ring (bicyclic) bond motifs is 3. The van der Waals surface area contributed by atoms with Crippen molar-refractivity contribution in [3.8, 4) is 22.5 Å². The van der Waals surface area contributed by atoms with E-state index in [2.05, 4.69) is 15.6 Å². The van der Waals surface area contributed by atoms with Gasteiger partial charge in [-0.25, -0.2) is 9.18 Å². The third kappa shape index (κ3) is 4.52. The van der Waals surface area contributed by atoms with Crippen molar-refractivity contribution >= 4 is 39.7 Å². The van der Waals surface area contributed by atoms with Crippen LogP contribution in [-0.2, 0) is 9.53 Å². The van der Waals surface area contributed by atoms with Gasteiger partial charge in [-0.2, -0.15) is 0 Å². The van der Waals surface area contributed by atoms with Gasteiger partial charge >= 0.3 is 5.97 Å². The maximum absolute atomic E-state index is 13.6. The van der Waals surface area contributed by atoms with Crippen molar-refractivity contribution in [1.29, 1.82) is 0 Å². The number of esters is 1. The number of aromatic nitrogens is 1. The molecule has 3 N–H and O–H groups in total. The van der Waals surface area contributed by atoms with E-state index in [-0.39, 0.29) is 5.91 Å². The Balaban J connectivity index is 1.68. The van der Waals surface area contributed by atoms with Crippen molar-refractivity contribution < 1.29 is 27.9 Å². The van der Waals surface area contributed by atoms with Gasteiger partial charge in [-0.05, 0) is 67.9 Å². The number of benzene rings is 3. The molecule has 5 aromatic rings. The van der Waals surface area contributed by atoms with Crippen molar-refractivity contribution in [2.75, 3.05) is 14.2 Å². The number of carbonyl (C=O) groups excluding carboxylic acids is 3. The molecule has 0 radical (unpaired) electrons. The Morgan fingerprint density at radius 3 is 2.38 bits per heavy atom. The van der Waals surface area contributed by atoms with Crippen LogP contribution in [0.4, 0.5) is 4.39 Å². The molecule has 3 aromatic carbocycles. The molecule has 5 rings (SSSR count). The largest absolute Gasteiger partial charge is 0.467 e. The first-order chi connectivity index (χ1) is 18.6. The number of aromatic amines is 1. The van der Waals surface area contributed by atoms with Crippen LogP contribution in [0.1, 0.15) is 34.6 Å². The van der Waals surface area contributed by atoms with Crippen LogP contribution in [0.15, 0.2) is 71.3 Å².